The summed E-state index contributed by atoms with van der Waals surface area (Å²) in [5, 5.41) is 1.70. The molecule has 0 aromatic rings. The molecular formula is C9H17N3O3S2. The molecule has 0 saturated carbocycles. The van der Waals surface area contributed by atoms with Crippen LogP contribution in [0.4, 0.5) is 0 Å². The number of carbonyl (C=O) groups excluding carboxylic acids is 1. The Labute approximate surface area is 107 Å². The number of nitrogens with two attached hydrogens (primary N) is 1. The maximum Gasteiger partial charge on any atom is 0.238 e. The number of nitrogens with zero attached hydrogens (tertiary/aromatic N) is 1. The molecule has 6 nitrogen and oxygen atoms in total. The predicted octanol–water partition coefficient (Wildman–Crippen LogP) is -0.799. The summed E-state index contributed by atoms with van der Waals surface area (Å²) in [4.78, 5) is 11.5. The number of hydrogen-bond acceptors (Lipinski definition) is 4. The Morgan fingerprint density at radius 2 is 2.29 bits per heavy atom. The zero-order valence-corrected chi connectivity index (χ0v) is 11.5. The van der Waals surface area contributed by atoms with E-state index in [0.29, 0.717) is 13.0 Å². The van der Waals surface area contributed by atoms with Gasteiger partial charge in [0.2, 0.25) is 15.9 Å². The van der Waals surface area contributed by atoms with Gasteiger partial charge in [-0.05, 0) is 13.3 Å². The van der Waals surface area contributed by atoms with E-state index in [0.717, 1.165) is 0 Å². The van der Waals surface area contributed by atoms with Crippen molar-refractivity contribution >= 4 is 33.1 Å². The zero-order valence-electron chi connectivity index (χ0n) is 9.84. The van der Waals surface area contributed by atoms with E-state index in [2.05, 4.69) is 5.32 Å². The van der Waals surface area contributed by atoms with Gasteiger partial charge in [-0.1, -0.05) is 19.1 Å². The maximum atomic E-state index is 12.2. The summed E-state index contributed by atoms with van der Waals surface area (Å²) in [5.41, 5.74) is 5.38. The Kier molecular flexibility index (Phi) is 4.45. The Balaban J connectivity index is 3.04. The van der Waals surface area contributed by atoms with Gasteiger partial charge in [-0.2, -0.15) is 4.31 Å². The lowest BCUT2D eigenvalue weighted by Crippen LogP contribution is -2.59. The van der Waals surface area contributed by atoms with Gasteiger partial charge in [0.25, 0.3) is 0 Å². The number of rotatable bonds is 4. The van der Waals surface area contributed by atoms with Gasteiger partial charge in [0.1, 0.15) is 11.3 Å². The van der Waals surface area contributed by atoms with E-state index in [1.54, 1.807) is 6.92 Å². The van der Waals surface area contributed by atoms with E-state index in [1.807, 2.05) is 0 Å². The number of piperazine rings is 1. The van der Waals surface area contributed by atoms with Gasteiger partial charge in [-0.3, -0.25) is 4.79 Å². The van der Waals surface area contributed by atoms with Crippen LogP contribution >= 0.6 is 12.2 Å². The molecule has 17 heavy (non-hydrogen) atoms. The molecule has 2 atom stereocenters. The Bertz CT molecular complexity index is 421. The largest absolute Gasteiger partial charge is 0.392 e. The molecule has 0 aliphatic carbocycles. The monoisotopic (exact) mass is 279 g/mol. The van der Waals surface area contributed by atoms with Crippen molar-refractivity contribution in [1.29, 1.82) is 0 Å². The highest BCUT2D eigenvalue weighted by Crippen LogP contribution is 2.17. The first-order valence-electron chi connectivity index (χ1n) is 5.40. The molecule has 1 fully saturated rings. The number of carbonyl (C=O) groups is 1. The second kappa shape index (κ2) is 5.28. The summed E-state index contributed by atoms with van der Waals surface area (Å²) >= 11 is 4.71. The van der Waals surface area contributed by atoms with E-state index in [-0.39, 0.29) is 17.4 Å². The van der Waals surface area contributed by atoms with E-state index in [1.165, 1.54) is 11.2 Å². The minimum absolute atomic E-state index is 0.0779. The molecule has 1 amide bonds. The highest BCUT2D eigenvalue weighted by molar-refractivity contribution is 7.92. The van der Waals surface area contributed by atoms with Gasteiger partial charge in [0, 0.05) is 13.1 Å². The van der Waals surface area contributed by atoms with Gasteiger partial charge < -0.3 is 11.1 Å². The third kappa shape index (κ3) is 2.75. The molecule has 0 aromatic heterocycles. The number of thiocarbonyl (C=S) groups is 1. The normalized spacial score (nSPS) is 24.1. The number of amides is 1. The number of sulfonamides is 1. The van der Waals surface area contributed by atoms with Gasteiger partial charge in [0.15, 0.2) is 0 Å². The van der Waals surface area contributed by atoms with Crippen LogP contribution < -0.4 is 11.1 Å². The molecule has 1 aliphatic heterocycles. The highest BCUT2D eigenvalue weighted by atomic mass is 32.2. The molecule has 0 bridgehead atoms. The first kappa shape index (κ1) is 14.3. The fraction of sp³-hybridized carbons (Fsp3) is 0.778. The Morgan fingerprint density at radius 1 is 1.71 bits per heavy atom. The van der Waals surface area contributed by atoms with E-state index < -0.39 is 21.3 Å². The van der Waals surface area contributed by atoms with Crippen LogP contribution in [0.5, 0.6) is 0 Å². The molecule has 0 spiro atoms. The van der Waals surface area contributed by atoms with E-state index in [4.69, 9.17) is 18.0 Å². The lowest BCUT2D eigenvalue weighted by atomic mass is 10.2. The first-order valence-corrected chi connectivity index (χ1v) is 7.31. The van der Waals surface area contributed by atoms with Crippen LogP contribution in [0.1, 0.15) is 20.3 Å². The van der Waals surface area contributed by atoms with Crippen LogP contribution in [-0.2, 0) is 14.8 Å². The quantitative estimate of drug-likeness (QED) is 0.657. The summed E-state index contributed by atoms with van der Waals surface area (Å²) in [6, 6.07) is -0.662. The van der Waals surface area contributed by atoms with Gasteiger partial charge in [0.05, 0.1) is 4.99 Å². The van der Waals surface area contributed by atoms with Gasteiger partial charge in [-0.15, -0.1) is 0 Å². The van der Waals surface area contributed by atoms with Crippen LogP contribution in [0.15, 0.2) is 0 Å². The summed E-state index contributed by atoms with van der Waals surface area (Å²) in [7, 11) is -3.65. The summed E-state index contributed by atoms with van der Waals surface area (Å²) < 4.78 is 25.6. The van der Waals surface area contributed by atoms with Crippen molar-refractivity contribution in [3.8, 4) is 0 Å². The van der Waals surface area contributed by atoms with Crippen LogP contribution in [0, 0.1) is 0 Å². The number of hydrogen-bond donors (Lipinski definition) is 2. The fourth-order valence-corrected chi connectivity index (χ4v) is 3.75. The molecule has 1 rings (SSSR count). The topological polar surface area (TPSA) is 92.5 Å². The molecule has 98 valence electrons. The van der Waals surface area contributed by atoms with Crippen LogP contribution in [0.3, 0.4) is 0 Å². The average Bonchev–Trinajstić information content (AvgIpc) is 2.27. The first-order chi connectivity index (χ1) is 7.82. The molecule has 8 heteroatoms. The second-order valence-electron chi connectivity index (χ2n) is 3.92. The van der Waals surface area contributed by atoms with E-state index in [9.17, 15) is 13.2 Å². The van der Waals surface area contributed by atoms with Crippen molar-refractivity contribution in [3.63, 3.8) is 0 Å². The lowest BCUT2D eigenvalue weighted by molar-refractivity contribution is -0.126. The van der Waals surface area contributed by atoms with E-state index >= 15 is 0 Å². The fourth-order valence-electron chi connectivity index (χ4n) is 1.74. The Hall–Kier alpha value is -0.730. The molecule has 3 N–H and O–H groups in total. The summed E-state index contributed by atoms with van der Waals surface area (Å²) in [6.07, 6.45) is 0.426. The smallest absolute Gasteiger partial charge is 0.238 e. The lowest BCUT2D eigenvalue weighted by Gasteiger charge is -2.34. The highest BCUT2D eigenvalue weighted by Gasteiger charge is 2.39. The van der Waals surface area contributed by atoms with Crippen molar-refractivity contribution < 1.29 is 13.2 Å². The molecule has 2 unspecified atom stereocenters. The number of nitrogens with one attached hydrogen (secondary N) is 1. The third-order valence-electron chi connectivity index (χ3n) is 2.84. The minimum atomic E-state index is -3.65. The van der Waals surface area contributed by atoms with Crippen molar-refractivity contribution in [2.24, 2.45) is 5.73 Å². The summed E-state index contributed by atoms with van der Waals surface area (Å²) in [6.45, 7) is 3.79. The van der Waals surface area contributed by atoms with Crippen molar-refractivity contribution in [3.05, 3.63) is 0 Å². The second-order valence-corrected chi connectivity index (χ2v) is 6.59. The molecule has 1 heterocycles. The molecule has 0 aromatic carbocycles. The minimum Gasteiger partial charge on any atom is -0.392 e. The summed E-state index contributed by atoms with van der Waals surface area (Å²) in [5.74, 6) is -0.266. The SMILES string of the molecule is CCC1C(=O)NCCN1S(=O)(=O)C(C)C(N)=S. The molecular weight excluding hydrogens is 262 g/mol. The molecule has 1 saturated heterocycles. The Morgan fingerprint density at radius 3 is 2.76 bits per heavy atom. The van der Waals surface area contributed by atoms with Crippen molar-refractivity contribution in [2.45, 2.75) is 31.6 Å². The predicted molar refractivity (Wildman–Crippen MR) is 69.0 cm³/mol. The maximum absolute atomic E-state index is 12.2. The van der Waals surface area contributed by atoms with Crippen molar-refractivity contribution in [1.82, 2.24) is 9.62 Å². The standard InChI is InChI=1S/C9H17N3O3S2/c1-3-7-9(13)11-4-5-12(7)17(14,15)6(2)8(10)16/h6-7H,3-5H2,1-2H3,(H2,10,16)(H,11,13). The van der Waals surface area contributed by atoms with Crippen LogP contribution in [-0.4, -0.2) is 48.0 Å². The van der Waals surface area contributed by atoms with Crippen LogP contribution in [0.2, 0.25) is 0 Å². The average molecular weight is 279 g/mol. The zero-order chi connectivity index (χ0) is 13.2. The van der Waals surface area contributed by atoms with Crippen molar-refractivity contribution in [2.75, 3.05) is 13.1 Å². The van der Waals surface area contributed by atoms with Gasteiger partial charge in [-0.25, -0.2) is 8.42 Å². The van der Waals surface area contributed by atoms with Gasteiger partial charge >= 0.3 is 0 Å². The molecule has 0 radical (unpaired) electrons. The van der Waals surface area contributed by atoms with Crippen LogP contribution in [0.25, 0.3) is 0 Å². The molecule has 1 aliphatic rings. The third-order valence-corrected chi connectivity index (χ3v) is 5.58.